The molecule has 1 aromatic carbocycles. The lowest BCUT2D eigenvalue weighted by molar-refractivity contribution is -0.142. The van der Waals surface area contributed by atoms with Gasteiger partial charge in [0.2, 0.25) is 0 Å². The Kier molecular flexibility index (Phi) is 4.96. The van der Waals surface area contributed by atoms with E-state index in [2.05, 4.69) is 21.2 Å². The van der Waals surface area contributed by atoms with Crippen LogP contribution in [0.1, 0.15) is 13.3 Å². The number of para-hydroxylation sites is 1. The van der Waals surface area contributed by atoms with Crippen LogP contribution >= 0.6 is 15.9 Å². The van der Waals surface area contributed by atoms with Crippen LogP contribution in [0, 0.1) is 0 Å². The largest absolute Gasteiger partial charge is 0.480 e. The van der Waals surface area contributed by atoms with Crippen molar-refractivity contribution in [3.05, 3.63) is 28.7 Å². The van der Waals surface area contributed by atoms with Crippen molar-refractivity contribution >= 4 is 27.6 Å². The van der Waals surface area contributed by atoms with Crippen LogP contribution in [0.25, 0.3) is 0 Å². The zero-order valence-electron chi connectivity index (χ0n) is 9.87. The molecule has 2 N–H and O–H groups in total. The maximum atomic E-state index is 11.3. The number of ether oxygens (including phenoxy) is 1. The number of hydrogen-bond donors (Lipinski definition) is 2. The number of halogens is 1. The summed E-state index contributed by atoms with van der Waals surface area (Å²) in [5, 5.41) is 12.3. The van der Waals surface area contributed by atoms with Gasteiger partial charge in [-0.3, -0.25) is 0 Å². The predicted molar refractivity (Wildman–Crippen MR) is 70.3 cm³/mol. The summed E-state index contributed by atoms with van der Waals surface area (Å²) in [6, 6.07) is 7.42. The summed E-state index contributed by atoms with van der Waals surface area (Å²) >= 11 is 3.38. The van der Waals surface area contributed by atoms with E-state index >= 15 is 0 Å². The molecule has 0 spiro atoms. The summed E-state index contributed by atoms with van der Waals surface area (Å²) in [6.07, 6.45) is 0.389. The number of rotatable bonds is 6. The molecule has 4 nitrogen and oxygen atoms in total. The first-order chi connectivity index (χ1) is 7.99. The van der Waals surface area contributed by atoms with Gasteiger partial charge in [0, 0.05) is 30.3 Å². The molecule has 1 aromatic rings. The van der Waals surface area contributed by atoms with E-state index in [-0.39, 0.29) is 0 Å². The van der Waals surface area contributed by atoms with Gasteiger partial charge in [-0.05, 0) is 35.0 Å². The molecule has 5 heteroatoms. The molecule has 1 atom stereocenters. The smallest absolute Gasteiger partial charge is 0.329 e. The first-order valence-electron chi connectivity index (χ1n) is 5.24. The lowest BCUT2D eigenvalue weighted by Gasteiger charge is -2.27. The highest BCUT2D eigenvalue weighted by Crippen LogP contribution is 2.26. The summed E-state index contributed by atoms with van der Waals surface area (Å²) in [6.45, 7) is 2.04. The van der Waals surface area contributed by atoms with Gasteiger partial charge >= 0.3 is 5.97 Å². The molecule has 94 valence electrons. The van der Waals surface area contributed by atoms with Gasteiger partial charge in [0.15, 0.2) is 0 Å². The van der Waals surface area contributed by atoms with Gasteiger partial charge in [0.25, 0.3) is 0 Å². The van der Waals surface area contributed by atoms with E-state index in [1.165, 1.54) is 0 Å². The summed E-state index contributed by atoms with van der Waals surface area (Å²) in [7, 11) is 1.56. The fourth-order valence-corrected chi connectivity index (χ4v) is 1.77. The first kappa shape index (κ1) is 14.0. The van der Waals surface area contributed by atoms with Gasteiger partial charge in [-0.15, -0.1) is 0 Å². The first-order valence-corrected chi connectivity index (χ1v) is 6.04. The molecule has 0 bridgehead atoms. The summed E-state index contributed by atoms with van der Waals surface area (Å²) in [4.78, 5) is 11.3. The summed E-state index contributed by atoms with van der Waals surface area (Å²) in [5.74, 6) is -0.898. The van der Waals surface area contributed by atoms with Gasteiger partial charge in [0.05, 0.1) is 0 Å². The Morgan fingerprint density at radius 3 is 2.71 bits per heavy atom. The minimum atomic E-state index is -1.04. The number of carbonyl (C=O) groups is 1. The van der Waals surface area contributed by atoms with Crippen LogP contribution in [0.5, 0.6) is 0 Å². The van der Waals surface area contributed by atoms with Crippen LogP contribution in [0.2, 0.25) is 0 Å². The summed E-state index contributed by atoms with van der Waals surface area (Å²) < 4.78 is 5.78. The fourth-order valence-electron chi connectivity index (χ4n) is 1.39. The van der Waals surface area contributed by atoms with Crippen molar-refractivity contribution < 1.29 is 14.6 Å². The standard InChI is InChI=1S/C12H16BrNO3/c1-12(11(15)16,7-8-17-2)14-10-6-4-3-5-9(10)13/h3-6,14H,7-8H2,1-2H3,(H,15,16). The van der Waals surface area contributed by atoms with Gasteiger partial charge in [0.1, 0.15) is 5.54 Å². The Morgan fingerprint density at radius 2 is 2.18 bits per heavy atom. The summed E-state index contributed by atoms with van der Waals surface area (Å²) in [5.41, 5.74) is -0.284. The average molecular weight is 302 g/mol. The normalized spacial score (nSPS) is 14.1. The van der Waals surface area contributed by atoms with Crippen LogP contribution < -0.4 is 5.32 Å². The number of aliphatic carboxylic acids is 1. The highest BCUT2D eigenvalue weighted by atomic mass is 79.9. The Bertz CT molecular complexity index is 397. The lowest BCUT2D eigenvalue weighted by atomic mass is 9.98. The Hall–Kier alpha value is -1.07. The number of carboxylic acid groups (broad SMARTS) is 1. The van der Waals surface area contributed by atoms with Gasteiger partial charge < -0.3 is 15.2 Å². The van der Waals surface area contributed by atoms with Crippen molar-refractivity contribution in [1.82, 2.24) is 0 Å². The van der Waals surface area contributed by atoms with Crippen LogP contribution in [0.15, 0.2) is 28.7 Å². The third kappa shape index (κ3) is 3.71. The number of methoxy groups -OCH3 is 1. The Morgan fingerprint density at radius 1 is 1.53 bits per heavy atom. The van der Waals surface area contributed by atoms with Crippen molar-refractivity contribution in [2.24, 2.45) is 0 Å². The molecule has 0 aliphatic carbocycles. The molecular formula is C12H16BrNO3. The number of hydrogen-bond acceptors (Lipinski definition) is 3. The van der Waals surface area contributed by atoms with Gasteiger partial charge in [-0.2, -0.15) is 0 Å². The fraction of sp³-hybridized carbons (Fsp3) is 0.417. The Balaban J connectivity index is 2.87. The minimum Gasteiger partial charge on any atom is -0.480 e. The number of anilines is 1. The molecule has 0 aliphatic heterocycles. The quantitative estimate of drug-likeness (QED) is 0.848. The Labute approximate surface area is 109 Å². The van der Waals surface area contributed by atoms with Crippen LogP contribution in [0.3, 0.4) is 0 Å². The maximum Gasteiger partial charge on any atom is 0.329 e. The van der Waals surface area contributed by atoms with E-state index in [1.54, 1.807) is 14.0 Å². The lowest BCUT2D eigenvalue weighted by Crippen LogP contribution is -2.44. The van der Waals surface area contributed by atoms with Crippen molar-refractivity contribution in [2.75, 3.05) is 19.0 Å². The van der Waals surface area contributed by atoms with E-state index < -0.39 is 11.5 Å². The zero-order chi connectivity index (χ0) is 12.9. The zero-order valence-corrected chi connectivity index (χ0v) is 11.5. The van der Waals surface area contributed by atoms with Crippen LogP contribution in [-0.4, -0.2) is 30.3 Å². The molecule has 0 amide bonds. The molecule has 0 aromatic heterocycles. The molecule has 0 saturated carbocycles. The minimum absolute atomic E-state index is 0.389. The molecule has 17 heavy (non-hydrogen) atoms. The van der Waals surface area contributed by atoms with E-state index in [0.29, 0.717) is 13.0 Å². The maximum absolute atomic E-state index is 11.3. The third-order valence-corrected chi connectivity index (χ3v) is 3.25. The molecular weight excluding hydrogens is 286 g/mol. The highest BCUT2D eigenvalue weighted by Gasteiger charge is 2.32. The monoisotopic (exact) mass is 301 g/mol. The molecule has 0 fully saturated rings. The number of nitrogens with one attached hydrogen (secondary N) is 1. The predicted octanol–water partition coefficient (Wildman–Crippen LogP) is 2.74. The second kappa shape index (κ2) is 6.02. The van der Waals surface area contributed by atoms with Crippen LogP contribution in [0.4, 0.5) is 5.69 Å². The van der Waals surface area contributed by atoms with E-state index in [0.717, 1.165) is 10.2 Å². The molecule has 0 saturated heterocycles. The number of benzene rings is 1. The molecule has 1 unspecified atom stereocenters. The van der Waals surface area contributed by atoms with Crippen molar-refractivity contribution in [1.29, 1.82) is 0 Å². The van der Waals surface area contributed by atoms with Crippen LogP contribution in [-0.2, 0) is 9.53 Å². The van der Waals surface area contributed by atoms with E-state index in [1.807, 2.05) is 24.3 Å². The topological polar surface area (TPSA) is 58.6 Å². The number of carboxylic acids is 1. The van der Waals surface area contributed by atoms with E-state index in [9.17, 15) is 9.90 Å². The second-order valence-electron chi connectivity index (χ2n) is 3.98. The van der Waals surface area contributed by atoms with Gasteiger partial charge in [-0.25, -0.2) is 4.79 Å². The van der Waals surface area contributed by atoms with E-state index in [4.69, 9.17) is 4.74 Å². The molecule has 0 aliphatic rings. The second-order valence-corrected chi connectivity index (χ2v) is 4.84. The third-order valence-electron chi connectivity index (χ3n) is 2.56. The average Bonchev–Trinajstić information content (AvgIpc) is 2.29. The molecule has 0 radical (unpaired) electrons. The van der Waals surface area contributed by atoms with Crippen molar-refractivity contribution in [3.8, 4) is 0 Å². The SMILES string of the molecule is COCCC(C)(Nc1ccccc1Br)C(=O)O. The van der Waals surface area contributed by atoms with Crippen molar-refractivity contribution in [2.45, 2.75) is 18.9 Å². The highest BCUT2D eigenvalue weighted by molar-refractivity contribution is 9.10. The molecule has 1 rings (SSSR count). The van der Waals surface area contributed by atoms with Gasteiger partial charge in [-0.1, -0.05) is 12.1 Å². The van der Waals surface area contributed by atoms with Crippen molar-refractivity contribution in [3.63, 3.8) is 0 Å². The molecule has 0 heterocycles.